The van der Waals surface area contributed by atoms with Gasteiger partial charge < -0.3 is 20.2 Å². The monoisotopic (exact) mass is 219 g/mol. The number of hydrogen-bond acceptors (Lipinski definition) is 4. The third-order valence-corrected chi connectivity index (χ3v) is 2.87. The highest BCUT2D eigenvalue weighted by molar-refractivity contribution is 5.79. The number of anilines is 1. The molecule has 0 aromatic carbocycles. The van der Waals surface area contributed by atoms with Crippen molar-refractivity contribution >= 4 is 16.9 Å². The fraction of sp³-hybridized carbons (Fsp3) is 0.400. The number of H-pyrrole nitrogens is 2. The molecule has 2 aromatic heterocycles. The second-order valence-corrected chi connectivity index (χ2v) is 3.88. The van der Waals surface area contributed by atoms with Crippen LogP contribution < -0.4 is 15.8 Å². The Morgan fingerprint density at radius 3 is 2.88 bits per heavy atom. The van der Waals surface area contributed by atoms with Crippen molar-refractivity contribution in [3.63, 3.8) is 0 Å². The number of nitrogens with zero attached hydrogens (tertiary/aromatic N) is 2. The lowest BCUT2D eigenvalue weighted by Gasteiger charge is -2.27. The number of nitrogens with one attached hydrogen (secondary N) is 3. The third-order valence-electron chi connectivity index (χ3n) is 2.87. The molecule has 0 saturated carbocycles. The van der Waals surface area contributed by atoms with E-state index in [1.807, 2.05) is 6.07 Å². The third kappa shape index (κ3) is 1.47. The minimum absolute atomic E-state index is 0.119. The summed E-state index contributed by atoms with van der Waals surface area (Å²) in [5.74, 6) is 0.973. The summed E-state index contributed by atoms with van der Waals surface area (Å²) in [5.41, 5.74) is 1.15. The van der Waals surface area contributed by atoms with E-state index in [1.54, 1.807) is 0 Å². The summed E-state index contributed by atoms with van der Waals surface area (Å²) in [6, 6.07) is 1.93. The van der Waals surface area contributed by atoms with Gasteiger partial charge in [-0.25, -0.2) is 4.98 Å². The van der Waals surface area contributed by atoms with Gasteiger partial charge in [0.1, 0.15) is 11.3 Å². The van der Waals surface area contributed by atoms with Gasteiger partial charge in [0.25, 0.3) is 5.56 Å². The van der Waals surface area contributed by atoms with Gasteiger partial charge in [-0.2, -0.15) is 0 Å². The van der Waals surface area contributed by atoms with E-state index in [4.69, 9.17) is 0 Å². The average Bonchev–Trinajstić information content (AvgIpc) is 2.76. The van der Waals surface area contributed by atoms with Crippen LogP contribution in [0.4, 0.5) is 5.82 Å². The van der Waals surface area contributed by atoms with Crippen LogP contribution in [0.2, 0.25) is 0 Å². The van der Waals surface area contributed by atoms with Gasteiger partial charge in [-0.3, -0.25) is 4.79 Å². The Bertz CT molecular complexity index is 552. The number of aromatic amines is 2. The lowest BCUT2D eigenvalue weighted by molar-refractivity contribution is 0.586. The van der Waals surface area contributed by atoms with Crippen LogP contribution in [0.5, 0.6) is 0 Å². The van der Waals surface area contributed by atoms with Crippen molar-refractivity contribution in [2.45, 2.75) is 0 Å². The van der Waals surface area contributed by atoms with Gasteiger partial charge in [0.15, 0.2) is 0 Å². The van der Waals surface area contributed by atoms with Gasteiger partial charge >= 0.3 is 0 Å². The Kier molecular flexibility index (Phi) is 2.14. The molecule has 0 spiro atoms. The van der Waals surface area contributed by atoms with Crippen molar-refractivity contribution in [2.24, 2.45) is 0 Å². The highest BCUT2D eigenvalue weighted by Gasteiger charge is 2.13. The Labute approximate surface area is 91.7 Å². The molecule has 0 amide bonds. The smallest absolute Gasteiger partial charge is 0.275 e. The summed E-state index contributed by atoms with van der Waals surface area (Å²) < 4.78 is 0. The summed E-state index contributed by atoms with van der Waals surface area (Å²) in [4.78, 5) is 23.6. The van der Waals surface area contributed by atoms with Crippen LogP contribution in [0.25, 0.3) is 11.0 Å². The van der Waals surface area contributed by atoms with E-state index in [0.717, 1.165) is 37.5 Å². The minimum Gasteiger partial charge on any atom is -0.356 e. The average molecular weight is 219 g/mol. The second kappa shape index (κ2) is 3.64. The standard InChI is InChI=1S/C10H13N5O/c16-10-9-7(12-6-13-10)5-8(14-9)15-3-1-11-2-4-15/h5-6,11,14H,1-4H2,(H,12,13,16). The van der Waals surface area contributed by atoms with Crippen LogP contribution >= 0.6 is 0 Å². The predicted molar refractivity (Wildman–Crippen MR) is 61.8 cm³/mol. The minimum atomic E-state index is -0.119. The van der Waals surface area contributed by atoms with Crippen LogP contribution in [0.1, 0.15) is 0 Å². The second-order valence-electron chi connectivity index (χ2n) is 3.88. The molecule has 3 rings (SSSR count). The largest absolute Gasteiger partial charge is 0.356 e. The highest BCUT2D eigenvalue weighted by atomic mass is 16.1. The van der Waals surface area contributed by atoms with Crippen LogP contribution in [0.15, 0.2) is 17.2 Å². The Hall–Kier alpha value is -1.82. The van der Waals surface area contributed by atoms with Gasteiger partial charge in [-0.1, -0.05) is 0 Å². The number of hydrogen-bond donors (Lipinski definition) is 3. The molecule has 6 heteroatoms. The maximum absolute atomic E-state index is 11.5. The van der Waals surface area contributed by atoms with Crippen LogP contribution in [-0.4, -0.2) is 41.1 Å². The molecular formula is C10H13N5O. The molecule has 0 aliphatic carbocycles. The molecule has 6 nitrogen and oxygen atoms in total. The van der Waals surface area contributed by atoms with Crippen molar-refractivity contribution in [3.8, 4) is 0 Å². The van der Waals surface area contributed by atoms with Crippen LogP contribution in [0.3, 0.4) is 0 Å². The Morgan fingerprint density at radius 2 is 2.12 bits per heavy atom. The first-order valence-corrected chi connectivity index (χ1v) is 5.37. The van der Waals surface area contributed by atoms with Crippen molar-refractivity contribution < 1.29 is 0 Å². The summed E-state index contributed by atoms with van der Waals surface area (Å²) in [5, 5.41) is 3.29. The maximum atomic E-state index is 11.5. The first kappa shape index (κ1) is 9.41. The number of fused-ring (bicyclic) bond motifs is 1. The molecule has 1 fully saturated rings. The van der Waals surface area contributed by atoms with Crippen molar-refractivity contribution in [2.75, 3.05) is 31.1 Å². The van der Waals surface area contributed by atoms with E-state index >= 15 is 0 Å². The summed E-state index contributed by atoms with van der Waals surface area (Å²) in [7, 11) is 0. The van der Waals surface area contributed by atoms with Gasteiger partial charge in [-0.05, 0) is 0 Å². The fourth-order valence-electron chi connectivity index (χ4n) is 2.01. The topological polar surface area (TPSA) is 76.8 Å². The van der Waals surface area contributed by atoms with E-state index in [-0.39, 0.29) is 5.56 Å². The lowest BCUT2D eigenvalue weighted by Crippen LogP contribution is -2.43. The summed E-state index contributed by atoms with van der Waals surface area (Å²) in [6.45, 7) is 3.84. The van der Waals surface area contributed by atoms with Gasteiger partial charge in [0.2, 0.25) is 0 Å². The van der Waals surface area contributed by atoms with E-state index in [9.17, 15) is 4.79 Å². The molecule has 0 unspecified atom stereocenters. The van der Waals surface area contributed by atoms with Crippen molar-refractivity contribution in [1.82, 2.24) is 20.3 Å². The Balaban J connectivity index is 2.04. The zero-order chi connectivity index (χ0) is 11.0. The molecule has 2 aromatic rings. The quantitative estimate of drug-likeness (QED) is 0.613. The maximum Gasteiger partial charge on any atom is 0.275 e. The molecule has 0 atom stereocenters. The van der Waals surface area contributed by atoms with Gasteiger partial charge in [0, 0.05) is 32.2 Å². The molecule has 1 aliphatic rings. The molecule has 0 radical (unpaired) electrons. The summed E-state index contributed by atoms with van der Waals surface area (Å²) >= 11 is 0. The predicted octanol–water partition coefficient (Wildman–Crippen LogP) is -0.339. The molecule has 1 saturated heterocycles. The highest BCUT2D eigenvalue weighted by Crippen LogP contribution is 2.17. The molecule has 1 aliphatic heterocycles. The first-order valence-electron chi connectivity index (χ1n) is 5.37. The number of rotatable bonds is 1. The van der Waals surface area contributed by atoms with Crippen LogP contribution in [0, 0.1) is 0 Å². The Morgan fingerprint density at radius 1 is 1.31 bits per heavy atom. The number of piperazine rings is 1. The van der Waals surface area contributed by atoms with Gasteiger partial charge in [-0.15, -0.1) is 0 Å². The number of aromatic nitrogens is 3. The van der Waals surface area contributed by atoms with E-state index < -0.39 is 0 Å². The van der Waals surface area contributed by atoms with E-state index in [1.165, 1.54) is 6.33 Å². The fourth-order valence-corrected chi connectivity index (χ4v) is 2.01. The molecule has 3 N–H and O–H groups in total. The normalized spacial score (nSPS) is 16.9. The van der Waals surface area contributed by atoms with Gasteiger partial charge in [0.05, 0.1) is 11.8 Å². The molecular weight excluding hydrogens is 206 g/mol. The SMILES string of the molecule is O=c1[nH]cnc2cc(N3CCNCC3)[nH]c12. The molecule has 16 heavy (non-hydrogen) atoms. The first-order chi connectivity index (χ1) is 7.84. The van der Waals surface area contributed by atoms with Crippen LogP contribution in [-0.2, 0) is 0 Å². The lowest BCUT2D eigenvalue weighted by atomic mass is 10.3. The van der Waals surface area contributed by atoms with E-state index in [0.29, 0.717) is 5.52 Å². The summed E-state index contributed by atoms with van der Waals surface area (Å²) in [6.07, 6.45) is 1.43. The van der Waals surface area contributed by atoms with E-state index in [2.05, 4.69) is 25.2 Å². The molecule has 84 valence electrons. The molecule has 3 heterocycles. The zero-order valence-electron chi connectivity index (χ0n) is 8.79. The zero-order valence-corrected chi connectivity index (χ0v) is 8.79. The van der Waals surface area contributed by atoms with Crippen molar-refractivity contribution in [1.29, 1.82) is 0 Å². The molecule has 0 bridgehead atoms. The van der Waals surface area contributed by atoms with Crippen molar-refractivity contribution in [3.05, 3.63) is 22.7 Å².